The smallest absolute Gasteiger partial charge is 0.219 e. The van der Waals surface area contributed by atoms with Gasteiger partial charge in [-0.1, -0.05) is 0 Å². The van der Waals surface area contributed by atoms with Gasteiger partial charge in [0.1, 0.15) is 0 Å². The van der Waals surface area contributed by atoms with E-state index in [1.165, 1.54) is 12.8 Å². The molecule has 2 rings (SSSR count). The molecule has 1 saturated carbocycles. The Morgan fingerprint density at radius 3 is 2.17 bits per heavy atom. The van der Waals surface area contributed by atoms with E-state index in [2.05, 4.69) is 4.90 Å². The Labute approximate surface area is 73.3 Å². The summed E-state index contributed by atoms with van der Waals surface area (Å²) < 4.78 is 0. The van der Waals surface area contributed by atoms with Crippen LogP contribution in [0.4, 0.5) is 0 Å². The van der Waals surface area contributed by atoms with Crippen LogP contribution in [0, 0.1) is 0 Å². The zero-order valence-electron chi connectivity index (χ0n) is 7.62. The van der Waals surface area contributed by atoms with Gasteiger partial charge in [-0.2, -0.15) is 0 Å². The quantitative estimate of drug-likeness (QED) is 0.562. The SMILES string of the molecule is CC(=O)N1CCN(C2CC2)CC1. The minimum absolute atomic E-state index is 0.227. The first-order valence-electron chi connectivity index (χ1n) is 4.77. The highest BCUT2D eigenvalue weighted by molar-refractivity contribution is 5.73. The van der Waals surface area contributed by atoms with Gasteiger partial charge in [0.2, 0.25) is 5.91 Å². The molecular formula is C9H16N2O. The van der Waals surface area contributed by atoms with Crippen molar-refractivity contribution in [3.8, 4) is 0 Å². The van der Waals surface area contributed by atoms with Gasteiger partial charge in [0, 0.05) is 39.1 Å². The topological polar surface area (TPSA) is 23.6 Å². The van der Waals surface area contributed by atoms with Crippen molar-refractivity contribution in [2.24, 2.45) is 0 Å². The normalized spacial score (nSPS) is 25.9. The summed E-state index contributed by atoms with van der Waals surface area (Å²) in [5.74, 6) is 0.227. The van der Waals surface area contributed by atoms with Crippen molar-refractivity contribution in [2.75, 3.05) is 26.2 Å². The molecule has 0 aromatic heterocycles. The molecule has 1 heterocycles. The number of carbonyl (C=O) groups excluding carboxylic acids is 1. The summed E-state index contributed by atoms with van der Waals surface area (Å²) in [4.78, 5) is 15.5. The Morgan fingerprint density at radius 2 is 1.75 bits per heavy atom. The van der Waals surface area contributed by atoms with E-state index in [9.17, 15) is 4.79 Å². The van der Waals surface area contributed by atoms with Crippen molar-refractivity contribution in [1.82, 2.24) is 9.80 Å². The molecule has 1 aliphatic heterocycles. The second kappa shape index (κ2) is 3.05. The summed E-state index contributed by atoms with van der Waals surface area (Å²) in [6, 6.07) is 0.860. The molecule has 0 unspecified atom stereocenters. The molecular weight excluding hydrogens is 152 g/mol. The highest BCUT2D eigenvalue weighted by Gasteiger charge is 2.31. The van der Waals surface area contributed by atoms with Gasteiger partial charge in [-0.25, -0.2) is 0 Å². The maximum Gasteiger partial charge on any atom is 0.219 e. The zero-order chi connectivity index (χ0) is 8.55. The molecule has 0 bridgehead atoms. The average Bonchev–Trinajstić information content (AvgIpc) is 2.87. The van der Waals surface area contributed by atoms with Crippen molar-refractivity contribution in [2.45, 2.75) is 25.8 Å². The van der Waals surface area contributed by atoms with Crippen molar-refractivity contribution in [3.05, 3.63) is 0 Å². The fraction of sp³-hybridized carbons (Fsp3) is 0.889. The van der Waals surface area contributed by atoms with Crippen LogP contribution >= 0.6 is 0 Å². The van der Waals surface area contributed by atoms with E-state index in [1.807, 2.05) is 4.90 Å². The van der Waals surface area contributed by atoms with Crippen molar-refractivity contribution >= 4 is 5.91 Å². The first-order chi connectivity index (χ1) is 5.77. The number of amides is 1. The second-order valence-electron chi connectivity index (χ2n) is 3.77. The minimum Gasteiger partial charge on any atom is -0.340 e. The Kier molecular flexibility index (Phi) is 2.05. The molecule has 1 saturated heterocycles. The lowest BCUT2D eigenvalue weighted by molar-refractivity contribution is -0.130. The molecule has 12 heavy (non-hydrogen) atoms. The largest absolute Gasteiger partial charge is 0.340 e. The van der Waals surface area contributed by atoms with Crippen LogP contribution in [0.5, 0.6) is 0 Å². The Bertz CT molecular complexity index is 181. The number of nitrogens with zero attached hydrogens (tertiary/aromatic N) is 2. The number of hydrogen-bond acceptors (Lipinski definition) is 2. The van der Waals surface area contributed by atoms with Gasteiger partial charge in [0.15, 0.2) is 0 Å². The third kappa shape index (κ3) is 1.61. The van der Waals surface area contributed by atoms with Gasteiger partial charge in [-0.3, -0.25) is 9.69 Å². The maximum absolute atomic E-state index is 11.0. The van der Waals surface area contributed by atoms with Gasteiger partial charge in [0.05, 0.1) is 0 Å². The number of hydrogen-bond donors (Lipinski definition) is 0. The average molecular weight is 168 g/mol. The van der Waals surface area contributed by atoms with E-state index in [0.717, 1.165) is 32.2 Å². The third-order valence-electron chi connectivity index (χ3n) is 2.82. The van der Waals surface area contributed by atoms with Gasteiger partial charge in [0.25, 0.3) is 0 Å². The Hall–Kier alpha value is -0.570. The van der Waals surface area contributed by atoms with Crippen LogP contribution in [0.15, 0.2) is 0 Å². The summed E-state index contributed by atoms with van der Waals surface area (Å²) in [5.41, 5.74) is 0. The summed E-state index contributed by atoms with van der Waals surface area (Å²) in [6.45, 7) is 5.71. The molecule has 3 nitrogen and oxygen atoms in total. The molecule has 2 fully saturated rings. The fourth-order valence-corrected chi connectivity index (χ4v) is 1.84. The van der Waals surface area contributed by atoms with Crippen LogP contribution in [0.2, 0.25) is 0 Å². The van der Waals surface area contributed by atoms with E-state index in [0.29, 0.717) is 0 Å². The van der Waals surface area contributed by atoms with E-state index in [4.69, 9.17) is 0 Å². The van der Waals surface area contributed by atoms with E-state index < -0.39 is 0 Å². The van der Waals surface area contributed by atoms with Crippen LogP contribution in [0.25, 0.3) is 0 Å². The molecule has 0 aromatic carbocycles. The molecule has 0 radical (unpaired) electrons. The minimum atomic E-state index is 0.227. The molecule has 1 amide bonds. The predicted molar refractivity (Wildman–Crippen MR) is 46.8 cm³/mol. The highest BCUT2D eigenvalue weighted by atomic mass is 16.2. The van der Waals surface area contributed by atoms with Gasteiger partial charge < -0.3 is 4.90 Å². The third-order valence-corrected chi connectivity index (χ3v) is 2.82. The highest BCUT2D eigenvalue weighted by Crippen LogP contribution is 2.27. The Morgan fingerprint density at radius 1 is 1.17 bits per heavy atom. The molecule has 2 aliphatic rings. The van der Waals surface area contributed by atoms with Crippen LogP contribution in [-0.2, 0) is 4.79 Å². The predicted octanol–water partition coefficient (Wildman–Crippen LogP) is 0.313. The van der Waals surface area contributed by atoms with Crippen LogP contribution in [0.3, 0.4) is 0 Å². The molecule has 0 atom stereocenters. The van der Waals surface area contributed by atoms with E-state index in [-0.39, 0.29) is 5.91 Å². The Balaban J connectivity index is 1.80. The first-order valence-corrected chi connectivity index (χ1v) is 4.77. The lowest BCUT2D eigenvalue weighted by Crippen LogP contribution is -2.48. The van der Waals surface area contributed by atoms with Crippen molar-refractivity contribution in [3.63, 3.8) is 0 Å². The maximum atomic E-state index is 11.0. The summed E-state index contributed by atoms with van der Waals surface area (Å²) in [5, 5.41) is 0. The lowest BCUT2D eigenvalue weighted by Gasteiger charge is -2.34. The molecule has 1 aliphatic carbocycles. The molecule has 0 aromatic rings. The van der Waals surface area contributed by atoms with Crippen LogP contribution < -0.4 is 0 Å². The standard InChI is InChI=1S/C9H16N2O/c1-8(12)10-4-6-11(7-5-10)9-2-3-9/h9H,2-7H2,1H3. The van der Waals surface area contributed by atoms with Gasteiger partial charge >= 0.3 is 0 Å². The monoisotopic (exact) mass is 168 g/mol. The summed E-state index contributed by atoms with van der Waals surface area (Å²) in [7, 11) is 0. The van der Waals surface area contributed by atoms with Gasteiger partial charge in [-0.05, 0) is 12.8 Å². The summed E-state index contributed by atoms with van der Waals surface area (Å²) in [6.07, 6.45) is 2.75. The first kappa shape index (κ1) is 8.05. The van der Waals surface area contributed by atoms with Crippen LogP contribution in [0.1, 0.15) is 19.8 Å². The van der Waals surface area contributed by atoms with Gasteiger partial charge in [-0.15, -0.1) is 0 Å². The fourth-order valence-electron chi connectivity index (χ4n) is 1.84. The van der Waals surface area contributed by atoms with E-state index >= 15 is 0 Å². The molecule has 0 N–H and O–H groups in total. The number of carbonyl (C=O) groups is 1. The van der Waals surface area contributed by atoms with Crippen molar-refractivity contribution < 1.29 is 4.79 Å². The second-order valence-corrected chi connectivity index (χ2v) is 3.77. The molecule has 0 spiro atoms. The van der Waals surface area contributed by atoms with E-state index in [1.54, 1.807) is 6.92 Å². The van der Waals surface area contributed by atoms with Crippen LogP contribution in [-0.4, -0.2) is 47.9 Å². The lowest BCUT2D eigenvalue weighted by atomic mass is 10.3. The zero-order valence-corrected chi connectivity index (χ0v) is 7.62. The number of piperazine rings is 1. The molecule has 68 valence electrons. The summed E-state index contributed by atoms with van der Waals surface area (Å²) >= 11 is 0. The molecule has 3 heteroatoms. The van der Waals surface area contributed by atoms with Crippen molar-refractivity contribution in [1.29, 1.82) is 0 Å². The number of rotatable bonds is 1.